The zero-order valence-corrected chi connectivity index (χ0v) is 16.0. The number of hydrogen-bond acceptors (Lipinski definition) is 2. The summed E-state index contributed by atoms with van der Waals surface area (Å²) in [5.41, 5.74) is 3.18. The van der Waals surface area contributed by atoms with E-state index in [2.05, 4.69) is 21.2 Å². The van der Waals surface area contributed by atoms with Gasteiger partial charge in [0.15, 0.2) is 0 Å². The Bertz CT molecular complexity index is 778. The molecule has 3 rings (SSSR count). The van der Waals surface area contributed by atoms with E-state index in [9.17, 15) is 4.79 Å². The van der Waals surface area contributed by atoms with Gasteiger partial charge in [-0.05, 0) is 35.4 Å². The number of amides is 1. The summed E-state index contributed by atoms with van der Waals surface area (Å²) in [5.74, 6) is 0.0700. The second-order valence-electron chi connectivity index (χ2n) is 6.08. The molecule has 0 aromatic heterocycles. The highest BCUT2D eigenvalue weighted by Gasteiger charge is 2.14. The molecule has 0 bridgehead atoms. The Morgan fingerprint density at radius 3 is 1.77 bits per heavy atom. The van der Waals surface area contributed by atoms with Crippen LogP contribution in [0.15, 0.2) is 89.4 Å². The van der Waals surface area contributed by atoms with Crippen LogP contribution in [-0.4, -0.2) is 17.4 Å². The van der Waals surface area contributed by atoms with Crippen molar-refractivity contribution in [1.82, 2.24) is 4.90 Å². The molecular formula is C22H21BrN2O. The van der Waals surface area contributed by atoms with Crippen molar-refractivity contribution < 1.29 is 4.79 Å². The fraction of sp³-hybridized carbons (Fsp3) is 0.136. The molecule has 0 radical (unpaired) electrons. The van der Waals surface area contributed by atoms with Gasteiger partial charge in [-0.3, -0.25) is 4.79 Å². The Labute approximate surface area is 162 Å². The van der Waals surface area contributed by atoms with E-state index in [0.29, 0.717) is 13.1 Å². The van der Waals surface area contributed by atoms with Crippen molar-refractivity contribution in [2.24, 2.45) is 0 Å². The highest BCUT2D eigenvalue weighted by molar-refractivity contribution is 9.10. The topological polar surface area (TPSA) is 32.3 Å². The first-order valence-corrected chi connectivity index (χ1v) is 9.35. The fourth-order valence-corrected chi connectivity index (χ4v) is 2.96. The smallest absolute Gasteiger partial charge is 0.242 e. The van der Waals surface area contributed by atoms with Crippen LogP contribution >= 0.6 is 15.9 Å². The number of anilines is 1. The van der Waals surface area contributed by atoms with Gasteiger partial charge in [0.1, 0.15) is 0 Å². The van der Waals surface area contributed by atoms with Crippen molar-refractivity contribution in [3.63, 3.8) is 0 Å². The average molecular weight is 409 g/mol. The molecule has 3 aromatic carbocycles. The SMILES string of the molecule is O=C(CNc1ccc(Br)cc1)N(Cc1ccccc1)Cc1ccccc1. The van der Waals surface area contributed by atoms with Crippen LogP contribution in [-0.2, 0) is 17.9 Å². The van der Waals surface area contributed by atoms with Crippen molar-refractivity contribution in [3.8, 4) is 0 Å². The van der Waals surface area contributed by atoms with E-state index < -0.39 is 0 Å². The molecule has 0 aliphatic heterocycles. The zero-order chi connectivity index (χ0) is 18.2. The molecule has 0 atom stereocenters. The van der Waals surface area contributed by atoms with Crippen LogP contribution in [0.1, 0.15) is 11.1 Å². The molecule has 4 heteroatoms. The number of nitrogens with zero attached hydrogens (tertiary/aromatic N) is 1. The predicted molar refractivity (Wildman–Crippen MR) is 110 cm³/mol. The standard InChI is InChI=1S/C22H21BrN2O/c23-20-11-13-21(14-12-20)24-15-22(26)25(16-18-7-3-1-4-8-18)17-19-9-5-2-6-10-19/h1-14,24H,15-17H2. The number of carbonyl (C=O) groups is 1. The Kier molecular flexibility index (Phi) is 6.45. The minimum Gasteiger partial charge on any atom is -0.376 e. The number of hydrogen-bond donors (Lipinski definition) is 1. The molecule has 3 nitrogen and oxygen atoms in total. The molecule has 0 spiro atoms. The van der Waals surface area contributed by atoms with Gasteiger partial charge in [0.05, 0.1) is 6.54 Å². The molecule has 0 aliphatic carbocycles. The van der Waals surface area contributed by atoms with Crippen LogP contribution < -0.4 is 5.32 Å². The molecule has 3 aromatic rings. The van der Waals surface area contributed by atoms with Crippen molar-refractivity contribution in [1.29, 1.82) is 0 Å². The van der Waals surface area contributed by atoms with E-state index in [1.165, 1.54) is 0 Å². The summed E-state index contributed by atoms with van der Waals surface area (Å²) in [7, 11) is 0. The van der Waals surface area contributed by atoms with E-state index >= 15 is 0 Å². The van der Waals surface area contributed by atoms with E-state index in [0.717, 1.165) is 21.3 Å². The maximum atomic E-state index is 12.8. The lowest BCUT2D eigenvalue weighted by atomic mass is 10.1. The highest BCUT2D eigenvalue weighted by atomic mass is 79.9. The number of rotatable bonds is 7. The summed E-state index contributed by atoms with van der Waals surface area (Å²) in [5, 5.41) is 3.21. The Balaban J connectivity index is 1.68. The highest BCUT2D eigenvalue weighted by Crippen LogP contribution is 2.15. The lowest BCUT2D eigenvalue weighted by Gasteiger charge is -2.23. The lowest BCUT2D eigenvalue weighted by molar-refractivity contribution is -0.130. The molecule has 132 valence electrons. The number of nitrogens with one attached hydrogen (secondary N) is 1. The first-order chi connectivity index (χ1) is 12.7. The maximum absolute atomic E-state index is 12.8. The van der Waals surface area contributed by atoms with Crippen LogP contribution in [0.5, 0.6) is 0 Å². The monoisotopic (exact) mass is 408 g/mol. The minimum atomic E-state index is 0.0700. The van der Waals surface area contributed by atoms with Gasteiger partial charge >= 0.3 is 0 Å². The Morgan fingerprint density at radius 1 is 0.769 bits per heavy atom. The summed E-state index contributed by atoms with van der Waals surface area (Å²) in [6.45, 7) is 1.45. The van der Waals surface area contributed by atoms with Gasteiger partial charge in [-0.15, -0.1) is 0 Å². The van der Waals surface area contributed by atoms with Crippen molar-refractivity contribution in [3.05, 3.63) is 101 Å². The number of halogens is 1. The van der Waals surface area contributed by atoms with Crippen LogP contribution in [0, 0.1) is 0 Å². The second kappa shape index (κ2) is 9.20. The van der Waals surface area contributed by atoms with Gasteiger partial charge in [-0.1, -0.05) is 76.6 Å². The summed E-state index contributed by atoms with van der Waals surface area (Å²) in [6, 6.07) is 28.0. The molecule has 1 N–H and O–H groups in total. The third kappa shape index (κ3) is 5.46. The third-order valence-electron chi connectivity index (χ3n) is 4.07. The minimum absolute atomic E-state index is 0.0700. The lowest BCUT2D eigenvalue weighted by Crippen LogP contribution is -2.34. The van der Waals surface area contributed by atoms with Gasteiger partial charge in [0, 0.05) is 23.2 Å². The van der Waals surface area contributed by atoms with Gasteiger partial charge in [0.2, 0.25) is 5.91 Å². The van der Waals surface area contributed by atoms with Crippen LogP contribution in [0.25, 0.3) is 0 Å². The molecule has 1 amide bonds. The van der Waals surface area contributed by atoms with Crippen LogP contribution in [0.2, 0.25) is 0 Å². The molecule has 0 aliphatic rings. The van der Waals surface area contributed by atoms with Gasteiger partial charge in [-0.2, -0.15) is 0 Å². The third-order valence-corrected chi connectivity index (χ3v) is 4.60. The van der Waals surface area contributed by atoms with Crippen molar-refractivity contribution in [2.45, 2.75) is 13.1 Å². The normalized spacial score (nSPS) is 10.3. The predicted octanol–water partition coefficient (Wildman–Crippen LogP) is 5.09. The molecule has 0 unspecified atom stereocenters. The van der Waals surface area contributed by atoms with Crippen molar-refractivity contribution >= 4 is 27.5 Å². The van der Waals surface area contributed by atoms with Crippen molar-refractivity contribution in [2.75, 3.05) is 11.9 Å². The van der Waals surface area contributed by atoms with E-state index in [4.69, 9.17) is 0 Å². The first kappa shape index (κ1) is 18.2. The summed E-state index contributed by atoms with van der Waals surface area (Å²) < 4.78 is 1.02. The van der Waals surface area contributed by atoms with Gasteiger partial charge < -0.3 is 10.2 Å². The summed E-state index contributed by atoms with van der Waals surface area (Å²) >= 11 is 3.42. The quantitative estimate of drug-likeness (QED) is 0.590. The first-order valence-electron chi connectivity index (χ1n) is 8.56. The molecule has 0 fully saturated rings. The number of benzene rings is 3. The zero-order valence-electron chi connectivity index (χ0n) is 14.4. The van der Waals surface area contributed by atoms with E-state index in [-0.39, 0.29) is 12.5 Å². The Hall–Kier alpha value is -2.59. The second-order valence-corrected chi connectivity index (χ2v) is 7.00. The van der Waals surface area contributed by atoms with E-state index in [1.807, 2.05) is 89.8 Å². The van der Waals surface area contributed by atoms with Crippen LogP contribution in [0.4, 0.5) is 5.69 Å². The average Bonchev–Trinajstić information content (AvgIpc) is 2.68. The molecule has 0 saturated heterocycles. The molecule has 0 heterocycles. The molecular weight excluding hydrogens is 388 g/mol. The van der Waals surface area contributed by atoms with E-state index in [1.54, 1.807) is 0 Å². The maximum Gasteiger partial charge on any atom is 0.242 e. The summed E-state index contributed by atoms with van der Waals surface area (Å²) in [6.07, 6.45) is 0. The van der Waals surface area contributed by atoms with Gasteiger partial charge in [-0.25, -0.2) is 0 Å². The van der Waals surface area contributed by atoms with Crippen LogP contribution in [0.3, 0.4) is 0 Å². The fourth-order valence-electron chi connectivity index (χ4n) is 2.70. The molecule has 0 saturated carbocycles. The summed E-state index contributed by atoms with van der Waals surface area (Å²) in [4.78, 5) is 14.7. The number of carbonyl (C=O) groups excluding carboxylic acids is 1. The Morgan fingerprint density at radius 2 is 1.27 bits per heavy atom. The van der Waals surface area contributed by atoms with Gasteiger partial charge in [0.25, 0.3) is 0 Å². The molecule has 26 heavy (non-hydrogen) atoms. The largest absolute Gasteiger partial charge is 0.376 e.